The van der Waals surface area contributed by atoms with Crippen molar-refractivity contribution in [3.05, 3.63) is 75.8 Å². The lowest BCUT2D eigenvalue weighted by molar-refractivity contribution is -0.136. The molecule has 0 unspecified atom stereocenters. The fourth-order valence-corrected chi connectivity index (χ4v) is 4.16. The summed E-state index contributed by atoms with van der Waals surface area (Å²) in [6, 6.07) is 15.8. The van der Waals surface area contributed by atoms with Crippen LogP contribution in [0.3, 0.4) is 0 Å². The standard InChI is InChI=1S/C28H29BrN4O6/c1-5-38-23-9-7-6-8-22(23)32-27(35)28(36)33-30-15-19-13-21(29)26(24(14-19)37-4)39-16-25(34)31-20-11-17(2)10-18(3)12-20/h6-15H,5,16H2,1-4H3,(H,31,34)(H,32,35)(H,33,36)/b30-15-. The normalized spacial score (nSPS) is 10.6. The third-order valence-corrected chi connectivity index (χ3v) is 5.71. The molecule has 0 aliphatic carbocycles. The first kappa shape index (κ1) is 29.2. The molecular weight excluding hydrogens is 568 g/mol. The average molecular weight is 597 g/mol. The van der Waals surface area contributed by atoms with Gasteiger partial charge in [0.1, 0.15) is 5.75 Å². The number of hydrazone groups is 1. The second kappa shape index (κ2) is 14.0. The number of nitrogens with one attached hydrogen (secondary N) is 3. The Morgan fingerprint density at radius 3 is 2.33 bits per heavy atom. The molecule has 0 aliphatic heterocycles. The van der Waals surface area contributed by atoms with Crippen LogP contribution in [0, 0.1) is 13.8 Å². The second-order valence-electron chi connectivity index (χ2n) is 8.33. The maximum atomic E-state index is 12.4. The summed E-state index contributed by atoms with van der Waals surface area (Å²) >= 11 is 3.41. The summed E-state index contributed by atoms with van der Waals surface area (Å²) in [5, 5.41) is 9.16. The van der Waals surface area contributed by atoms with Crippen molar-refractivity contribution in [3.63, 3.8) is 0 Å². The topological polar surface area (TPSA) is 127 Å². The van der Waals surface area contributed by atoms with E-state index in [1.165, 1.54) is 13.3 Å². The Balaban J connectivity index is 1.59. The summed E-state index contributed by atoms with van der Waals surface area (Å²) in [4.78, 5) is 36.9. The number of anilines is 2. The van der Waals surface area contributed by atoms with Crippen LogP contribution in [0.4, 0.5) is 11.4 Å². The fourth-order valence-electron chi connectivity index (χ4n) is 3.58. The van der Waals surface area contributed by atoms with Gasteiger partial charge in [0.15, 0.2) is 18.1 Å². The summed E-state index contributed by atoms with van der Waals surface area (Å²) in [6.07, 6.45) is 1.34. The number of nitrogens with zero attached hydrogens (tertiary/aromatic N) is 1. The van der Waals surface area contributed by atoms with Crippen LogP contribution in [0.5, 0.6) is 17.2 Å². The van der Waals surface area contributed by atoms with Crippen molar-refractivity contribution >= 4 is 51.2 Å². The second-order valence-corrected chi connectivity index (χ2v) is 9.18. The summed E-state index contributed by atoms with van der Waals surface area (Å²) < 4.78 is 17.0. The molecule has 10 nitrogen and oxygen atoms in total. The summed E-state index contributed by atoms with van der Waals surface area (Å²) in [5.41, 5.74) is 5.85. The molecule has 0 radical (unpaired) electrons. The summed E-state index contributed by atoms with van der Waals surface area (Å²) in [7, 11) is 1.46. The first-order valence-corrected chi connectivity index (χ1v) is 12.7. The number of benzene rings is 3. The number of hydrogen-bond acceptors (Lipinski definition) is 7. The van der Waals surface area contributed by atoms with Crippen molar-refractivity contribution in [2.24, 2.45) is 5.10 Å². The monoisotopic (exact) mass is 596 g/mol. The molecule has 3 aromatic rings. The van der Waals surface area contributed by atoms with Crippen molar-refractivity contribution in [2.75, 3.05) is 31.0 Å². The molecule has 0 saturated heterocycles. The molecule has 204 valence electrons. The zero-order valence-corrected chi connectivity index (χ0v) is 23.5. The Kier molecular flexibility index (Phi) is 10.4. The van der Waals surface area contributed by atoms with Crippen LogP contribution in [0.15, 0.2) is 64.2 Å². The Bertz CT molecular complexity index is 1370. The number of halogens is 1. The predicted molar refractivity (Wildman–Crippen MR) is 153 cm³/mol. The van der Waals surface area contributed by atoms with E-state index in [0.29, 0.717) is 45.3 Å². The zero-order chi connectivity index (χ0) is 28.4. The van der Waals surface area contributed by atoms with E-state index in [1.54, 1.807) is 36.4 Å². The Hall–Kier alpha value is -4.38. The number of rotatable bonds is 10. The van der Waals surface area contributed by atoms with Crippen LogP contribution >= 0.6 is 15.9 Å². The van der Waals surface area contributed by atoms with Crippen molar-refractivity contribution in [3.8, 4) is 17.2 Å². The summed E-state index contributed by atoms with van der Waals surface area (Å²) in [6.45, 7) is 5.89. The lowest BCUT2D eigenvalue weighted by Crippen LogP contribution is -2.32. The van der Waals surface area contributed by atoms with Gasteiger partial charge in [-0.3, -0.25) is 14.4 Å². The maximum Gasteiger partial charge on any atom is 0.329 e. The molecule has 0 spiro atoms. The van der Waals surface area contributed by atoms with Crippen LogP contribution in [0.2, 0.25) is 0 Å². The van der Waals surface area contributed by atoms with E-state index in [9.17, 15) is 14.4 Å². The van der Waals surface area contributed by atoms with Gasteiger partial charge in [0.25, 0.3) is 5.91 Å². The van der Waals surface area contributed by atoms with E-state index in [4.69, 9.17) is 14.2 Å². The molecule has 0 heterocycles. The van der Waals surface area contributed by atoms with E-state index < -0.39 is 11.8 Å². The minimum absolute atomic E-state index is 0.243. The van der Waals surface area contributed by atoms with Gasteiger partial charge in [-0.15, -0.1) is 0 Å². The minimum Gasteiger partial charge on any atom is -0.493 e. The molecule has 0 atom stereocenters. The molecule has 3 rings (SSSR count). The van der Waals surface area contributed by atoms with Crippen LogP contribution < -0.4 is 30.3 Å². The highest BCUT2D eigenvalue weighted by molar-refractivity contribution is 9.10. The molecule has 3 N–H and O–H groups in total. The fraction of sp³-hybridized carbons (Fsp3) is 0.214. The highest BCUT2D eigenvalue weighted by atomic mass is 79.9. The molecule has 3 amide bonds. The van der Waals surface area contributed by atoms with Crippen molar-refractivity contribution in [1.82, 2.24) is 5.43 Å². The first-order chi connectivity index (χ1) is 18.7. The van der Waals surface area contributed by atoms with E-state index in [2.05, 4.69) is 37.1 Å². The van der Waals surface area contributed by atoms with E-state index in [0.717, 1.165) is 11.1 Å². The number of aryl methyl sites for hydroxylation is 2. The van der Waals surface area contributed by atoms with E-state index in [-0.39, 0.29) is 12.5 Å². The summed E-state index contributed by atoms with van der Waals surface area (Å²) in [5.74, 6) is -1.08. The first-order valence-electron chi connectivity index (χ1n) is 11.9. The lowest BCUT2D eigenvalue weighted by Gasteiger charge is -2.14. The number of hydrogen-bond donors (Lipinski definition) is 3. The molecule has 0 saturated carbocycles. The van der Waals surface area contributed by atoms with Gasteiger partial charge in [-0.05, 0) is 89.8 Å². The number of para-hydroxylation sites is 2. The molecule has 0 bridgehead atoms. The van der Waals surface area contributed by atoms with Crippen LogP contribution in [0.1, 0.15) is 23.6 Å². The number of carbonyl (C=O) groups excluding carboxylic acids is 3. The van der Waals surface area contributed by atoms with E-state index >= 15 is 0 Å². The van der Waals surface area contributed by atoms with Crippen molar-refractivity contribution < 1.29 is 28.6 Å². The van der Waals surface area contributed by atoms with Crippen LogP contribution in [-0.2, 0) is 14.4 Å². The Morgan fingerprint density at radius 2 is 1.64 bits per heavy atom. The largest absolute Gasteiger partial charge is 0.493 e. The highest BCUT2D eigenvalue weighted by Crippen LogP contribution is 2.36. The number of ether oxygens (including phenoxy) is 3. The van der Waals surface area contributed by atoms with Crippen LogP contribution in [0.25, 0.3) is 0 Å². The molecule has 3 aromatic carbocycles. The van der Waals surface area contributed by atoms with Gasteiger partial charge >= 0.3 is 11.8 Å². The molecule has 39 heavy (non-hydrogen) atoms. The van der Waals surface area contributed by atoms with Gasteiger partial charge in [-0.2, -0.15) is 5.10 Å². The average Bonchev–Trinajstić information content (AvgIpc) is 2.88. The number of amides is 3. The van der Waals surface area contributed by atoms with Crippen molar-refractivity contribution in [2.45, 2.75) is 20.8 Å². The maximum absolute atomic E-state index is 12.4. The van der Waals surface area contributed by atoms with Gasteiger partial charge in [-0.25, -0.2) is 5.43 Å². The Morgan fingerprint density at radius 1 is 0.923 bits per heavy atom. The van der Waals surface area contributed by atoms with Gasteiger partial charge in [0.2, 0.25) is 0 Å². The van der Waals surface area contributed by atoms with Gasteiger partial charge < -0.3 is 24.8 Å². The molecular formula is C28H29BrN4O6. The third kappa shape index (κ3) is 8.57. The van der Waals surface area contributed by atoms with Gasteiger partial charge in [0.05, 0.1) is 30.1 Å². The molecule has 11 heteroatoms. The third-order valence-electron chi connectivity index (χ3n) is 5.13. The molecule has 0 aromatic heterocycles. The smallest absolute Gasteiger partial charge is 0.329 e. The minimum atomic E-state index is -0.960. The Labute approximate surface area is 234 Å². The van der Waals surface area contributed by atoms with Gasteiger partial charge in [-0.1, -0.05) is 18.2 Å². The predicted octanol–water partition coefficient (Wildman–Crippen LogP) is 4.58. The highest BCUT2D eigenvalue weighted by Gasteiger charge is 2.16. The lowest BCUT2D eigenvalue weighted by atomic mass is 10.1. The molecule has 0 fully saturated rings. The van der Waals surface area contributed by atoms with Crippen LogP contribution in [-0.4, -0.2) is 44.3 Å². The van der Waals surface area contributed by atoms with Gasteiger partial charge in [0, 0.05) is 5.69 Å². The quantitative estimate of drug-likeness (QED) is 0.179. The van der Waals surface area contributed by atoms with E-state index in [1.807, 2.05) is 39.0 Å². The zero-order valence-electron chi connectivity index (χ0n) is 22.0. The number of carbonyl (C=O) groups is 3. The van der Waals surface area contributed by atoms with Crippen molar-refractivity contribution in [1.29, 1.82) is 0 Å². The number of methoxy groups -OCH3 is 1. The SMILES string of the molecule is CCOc1ccccc1NC(=O)C(=O)N/N=C\c1cc(Br)c(OCC(=O)Nc2cc(C)cc(C)c2)c(OC)c1. The molecule has 0 aliphatic rings.